The maximum atomic E-state index is 12.2. The average molecular weight is 340 g/mol. The van der Waals surface area contributed by atoms with Gasteiger partial charge in [0.1, 0.15) is 12.4 Å². The van der Waals surface area contributed by atoms with Gasteiger partial charge in [-0.1, -0.05) is 41.4 Å². The Morgan fingerprint density at radius 3 is 2.50 bits per heavy atom. The lowest BCUT2D eigenvalue weighted by molar-refractivity contribution is 0.102. The highest BCUT2D eigenvalue weighted by atomic mass is 35.5. The summed E-state index contributed by atoms with van der Waals surface area (Å²) in [6.07, 6.45) is 0. The molecule has 0 atom stereocenters. The van der Waals surface area contributed by atoms with Crippen LogP contribution in [0.2, 0.25) is 10.0 Å². The minimum absolute atomic E-state index is 0.257. The number of benzene rings is 2. The van der Waals surface area contributed by atoms with Gasteiger partial charge in [-0.05, 0) is 18.2 Å². The van der Waals surface area contributed by atoms with Crippen LogP contribution in [0.1, 0.15) is 10.4 Å². The van der Waals surface area contributed by atoms with Gasteiger partial charge in [-0.25, -0.2) is 0 Å². The molecule has 0 radical (unpaired) electrons. The molecule has 0 saturated heterocycles. The zero-order valence-electron chi connectivity index (χ0n) is 11.9. The first kappa shape index (κ1) is 16.6. The maximum absolute atomic E-state index is 12.2. The quantitative estimate of drug-likeness (QED) is 0.799. The minimum Gasteiger partial charge on any atom is -0.490 e. The molecule has 2 aromatic rings. The van der Waals surface area contributed by atoms with Gasteiger partial charge in [0.15, 0.2) is 0 Å². The van der Waals surface area contributed by atoms with Gasteiger partial charge in [0.2, 0.25) is 0 Å². The smallest absolute Gasteiger partial charge is 0.255 e. The summed E-state index contributed by atoms with van der Waals surface area (Å²) in [5.74, 6) is 0.180. The third-order valence-corrected chi connectivity index (χ3v) is 3.46. The summed E-state index contributed by atoms with van der Waals surface area (Å²) in [5, 5.41) is 3.46. The van der Waals surface area contributed by atoms with Crippen LogP contribution >= 0.6 is 23.2 Å². The van der Waals surface area contributed by atoms with E-state index in [0.717, 1.165) is 0 Å². The molecule has 0 aliphatic heterocycles. The van der Waals surface area contributed by atoms with Gasteiger partial charge in [-0.2, -0.15) is 0 Å². The van der Waals surface area contributed by atoms with Crippen molar-refractivity contribution in [2.75, 3.05) is 25.6 Å². The standard InChI is InChI=1S/C16H15Cl2NO3/c1-21-7-8-22-15-10-14(12(17)9-13(15)18)19-16(20)11-5-3-2-4-6-11/h2-6,9-10H,7-8H2,1H3,(H,19,20). The first-order valence-electron chi connectivity index (χ1n) is 6.59. The summed E-state index contributed by atoms with van der Waals surface area (Å²) >= 11 is 12.2. The topological polar surface area (TPSA) is 47.6 Å². The highest BCUT2D eigenvalue weighted by molar-refractivity contribution is 6.37. The van der Waals surface area contributed by atoms with Gasteiger partial charge in [-0.15, -0.1) is 0 Å². The Hall–Kier alpha value is -1.75. The van der Waals surface area contributed by atoms with E-state index >= 15 is 0 Å². The van der Waals surface area contributed by atoms with Gasteiger partial charge in [0.25, 0.3) is 5.91 Å². The van der Waals surface area contributed by atoms with Crippen molar-refractivity contribution in [3.63, 3.8) is 0 Å². The molecule has 0 heterocycles. The van der Waals surface area contributed by atoms with Crippen LogP contribution in [0.5, 0.6) is 5.75 Å². The summed E-state index contributed by atoms with van der Waals surface area (Å²) < 4.78 is 10.4. The van der Waals surface area contributed by atoms with E-state index in [0.29, 0.717) is 40.3 Å². The lowest BCUT2D eigenvalue weighted by Crippen LogP contribution is -2.12. The van der Waals surface area contributed by atoms with Crippen molar-refractivity contribution in [2.24, 2.45) is 0 Å². The van der Waals surface area contributed by atoms with Gasteiger partial charge in [-0.3, -0.25) is 4.79 Å². The lowest BCUT2D eigenvalue weighted by atomic mass is 10.2. The summed E-state index contributed by atoms with van der Waals surface area (Å²) in [4.78, 5) is 12.2. The Kier molecular flexibility index (Phi) is 6.07. The number of ether oxygens (including phenoxy) is 2. The lowest BCUT2D eigenvalue weighted by Gasteiger charge is -2.12. The number of hydrogen-bond donors (Lipinski definition) is 1. The number of rotatable bonds is 6. The third kappa shape index (κ3) is 4.37. The monoisotopic (exact) mass is 339 g/mol. The molecule has 4 nitrogen and oxygen atoms in total. The Morgan fingerprint density at radius 1 is 1.09 bits per heavy atom. The van der Waals surface area contributed by atoms with Gasteiger partial charge in [0.05, 0.1) is 22.3 Å². The molecule has 6 heteroatoms. The van der Waals surface area contributed by atoms with Crippen LogP contribution in [0, 0.1) is 0 Å². The third-order valence-electron chi connectivity index (χ3n) is 2.85. The molecular formula is C16H15Cl2NO3. The van der Waals surface area contributed by atoms with Crippen molar-refractivity contribution in [3.8, 4) is 5.75 Å². The molecule has 2 aromatic carbocycles. The molecule has 0 aliphatic rings. The van der Waals surface area contributed by atoms with Gasteiger partial charge in [0, 0.05) is 18.7 Å². The number of nitrogens with one attached hydrogen (secondary N) is 1. The molecule has 0 unspecified atom stereocenters. The first-order chi connectivity index (χ1) is 10.6. The molecule has 0 fully saturated rings. The largest absolute Gasteiger partial charge is 0.490 e. The highest BCUT2D eigenvalue weighted by Crippen LogP contribution is 2.34. The van der Waals surface area contributed by atoms with E-state index in [1.807, 2.05) is 6.07 Å². The first-order valence-corrected chi connectivity index (χ1v) is 7.34. The van der Waals surface area contributed by atoms with E-state index in [1.165, 1.54) is 6.07 Å². The van der Waals surface area contributed by atoms with Crippen molar-refractivity contribution < 1.29 is 14.3 Å². The van der Waals surface area contributed by atoms with Gasteiger partial charge >= 0.3 is 0 Å². The molecule has 0 spiro atoms. The maximum Gasteiger partial charge on any atom is 0.255 e. The van der Waals surface area contributed by atoms with Crippen LogP contribution in [0.25, 0.3) is 0 Å². The number of anilines is 1. The van der Waals surface area contributed by atoms with Crippen molar-refractivity contribution in [1.29, 1.82) is 0 Å². The SMILES string of the molecule is COCCOc1cc(NC(=O)c2ccccc2)c(Cl)cc1Cl. The Labute approximate surface area is 138 Å². The van der Waals surface area contributed by atoms with Crippen LogP contribution in [-0.2, 0) is 4.74 Å². The normalized spacial score (nSPS) is 10.3. The predicted molar refractivity (Wildman–Crippen MR) is 88.2 cm³/mol. The zero-order valence-corrected chi connectivity index (χ0v) is 13.4. The molecule has 116 valence electrons. The van der Waals surface area contributed by atoms with E-state index in [9.17, 15) is 4.79 Å². The van der Waals surface area contributed by atoms with Crippen LogP contribution in [0.4, 0.5) is 5.69 Å². The summed E-state index contributed by atoms with van der Waals surface area (Å²) in [6, 6.07) is 12.0. The zero-order chi connectivity index (χ0) is 15.9. The second-order valence-corrected chi connectivity index (χ2v) is 5.24. The Morgan fingerprint density at radius 2 is 1.82 bits per heavy atom. The van der Waals surface area contributed by atoms with Crippen LogP contribution in [0.15, 0.2) is 42.5 Å². The fourth-order valence-electron chi connectivity index (χ4n) is 1.75. The van der Waals surface area contributed by atoms with E-state index in [4.69, 9.17) is 32.7 Å². The average Bonchev–Trinajstić information content (AvgIpc) is 2.52. The van der Waals surface area contributed by atoms with E-state index < -0.39 is 0 Å². The molecule has 22 heavy (non-hydrogen) atoms. The fraction of sp³-hybridized carbons (Fsp3) is 0.188. The minimum atomic E-state index is -0.257. The molecule has 1 amide bonds. The molecule has 2 rings (SSSR count). The molecule has 1 N–H and O–H groups in total. The second kappa shape index (κ2) is 8.03. The van der Waals surface area contributed by atoms with Crippen LogP contribution in [0.3, 0.4) is 0 Å². The number of carbonyl (C=O) groups excluding carboxylic acids is 1. The molecule has 0 aromatic heterocycles. The Bertz CT molecular complexity index is 647. The summed E-state index contributed by atoms with van der Waals surface area (Å²) in [7, 11) is 1.58. The predicted octanol–water partition coefficient (Wildman–Crippen LogP) is 4.27. The van der Waals surface area contributed by atoms with Crippen molar-refractivity contribution in [3.05, 3.63) is 58.1 Å². The van der Waals surface area contributed by atoms with Crippen LogP contribution < -0.4 is 10.1 Å². The summed E-state index contributed by atoms with van der Waals surface area (Å²) in [5.41, 5.74) is 0.975. The van der Waals surface area contributed by atoms with Crippen molar-refractivity contribution >= 4 is 34.8 Å². The molecule has 0 saturated carbocycles. The Balaban J connectivity index is 2.16. The van der Waals surface area contributed by atoms with E-state index in [1.54, 1.807) is 37.4 Å². The van der Waals surface area contributed by atoms with Crippen molar-refractivity contribution in [1.82, 2.24) is 0 Å². The highest BCUT2D eigenvalue weighted by Gasteiger charge is 2.12. The molecule has 0 aliphatic carbocycles. The second-order valence-electron chi connectivity index (χ2n) is 4.42. The van der Waals surface area contributed by atoms with E-state index in [-0.39, 0.29) is 5.91 Å². The number of halogens is 2. The fourth-order valence-corrected chi connectivity index (χ4v) is 2.24. The number of hydrogen-bond acceptors (Lipinski definition) is 3. The summed E-state index contributed by atoms with van der Waals surface area (Å²) in [6.45, 7) is 0.786. The van der Waals surface area contributed by atoms with Crippen molar-refractivity contribution in [2.45, 2.75) is 0 Å². The number of amides is 1. The molecule has 0 bridgehead atoms. The van der Waals surface area contributed by atoms with Crippen LogP contribution in [-0.4, -0.2) is 26.2 Å². The number of carbonyl (C=O) groups is 1. The van der Waals surface area contributed by atoms with E-state index in [2.05, 4.69) is 5.32 Å². The molecular weight excluding hydrogens is 325 g/mol. The number of methoxy groups -OCH3 is 1. The van der Waals surface area contributed by atoms with Gasteiger partial charge < -0.3 is 14.8 Å².